The van der Waals surface area contributed by atoms with Gasteiger partial charge in [-0.15, -0.1) is 0 Å². The van der Waals surface area contributed by atoms with Crippen LogP contribution in [-0.4, -0.2) is 27.3 Å². The molecular weight excluding hydrogens is 268 g/mol. The molecule has 21 heavy (non-hydrogen) atoms. The Morgan fingerprint density at radius 3 is 2.57 bits per heavy atom. The molecule has 0 saturated carbocycles. The van der Waals surface area contributed by atoms with Crippen LogP contribution < -0.4 is 10.9 Å². The Bertz CT molecular complexity index is 679. The first-order valence-corrected chi connectivity index (χ1v) is 7.32. The molecule has 0 saturated heterocycles. The van der Waals surface area contributed by atoms with Gasteiger partial charge in [-0.2, -0.15) is 0 Å². The van der Waals surface area contributed by atoms with Crippen LogP contribution in [0.2, 0.25) is 0 Å². The number of aromatic nitrogens is 1. The summed E-state index contributed by atoms with van der Waals surface area (Å²) in [6.45, 7) is 6.21. The summed E-state index contributed by atoms with van der Waals surface area (Å²) in [6, 6.07) is 6.70. The van der Waals surface area contributed by atoms with Gasteiger partial charge in [0.2, 0.25) is 5.56 Å². The van der Waals surface area contributed by atoms with Gasteiger partial charge < -0.3 is 20.5 Å². The number of aromatic amines is 1. The highest BCUT2D eigenvalue weighted by Crippen LogP contribution is 2.30. The molecule has 0 unspecified atom stereocenters. The number of H-pyrrole nitrogens is 1. The largest absolute Gasteiger partial charge is 0.506 e. The number of rotatable bonds is 5. The number of phenolic OH excluding ortho intramolecular Hbond substituents is 1. The third-order valence-electron chi connectivity index (χ3n) is 3.73. The van der Waals surface area contributed by atoms with Gasteiger partial charge in [0.15, 0.2) is 0 Å². The molecule has 0 fully saturated rings. The number of benzene rings is 1. The van der Waals surface area contributed by atoms with Gasteiger partial charge in [0, 0.05) is 11.5 Å². The van der Waals surface area contributed by atoms with Crippen molar-refractivity contribution < 1.29 is 15.5 Å². The summed E-state index contributed by atoms with van der Waals surface area (Å²) in [4.78, 5) is 14.0. The summed E-state index contributed by atoms with van der Waals surface area (Å²) in [7, 11) is 0. The smallest absolute Gasteiger partial charge is 0.248 e. The molecule has 5 nitrogen and oxygen atoms in total. The minimum Gasteiger partial charge on any atom is -0.506 e. The van der Waals surface area contributed by atoms with E-state index in [-0.39, 0.29) is 17.4 Å². The molecule has 0 radical (unpaired) electrons. The van der Waals surface area contributed by atoms with Crippen LogP contribution >= 0.6 is 0 Å². The van der Waals surface area contributed by atoms with Gasteiger partial charge in [0.25, 0.3) is 0 Å². The van der Waals surface area contributed by atoms with Gasteiger partial charge in [-0.25, -0.2) is 0 Å². The fourth-order valence-electron chi connectivity index (χ4n) is 2.71. The molecule has 0 aliphatic carbocycles. The summed E-state index contributed by atoms with van der Waals surface area (Å²) in [5, 5.41) is 23.4. The highest BCUT2D eigenvalue weighted by Gasteiger charge is 2.25. The van der Waals surface area contributed by atoms with E-state index < -0.39 is 6.10 Å². The number of hydrogen-bond acceptors (Lipinski definition) is 3. The Labute approximate surface area is 123 Å². The molecular formula is C16H23N2O3+. The first-order valence-electron chi connectivity index (χ1n) is 7.32. The molecule has 1 aromatic carbocycles. The fourth-order valence-corrected chi connectivity index (χ4v) is 2.71. The predicted molar refractivity (Wildman–Crippen MR) is 82.3 cm³/mol. The van der Waals surface area contributed by atoms with Gasteiger partial charge in [-0.1, -0.05) is 13.0 Å². The summed E-state index contributed by atoms with van der Waals surface area (Å²) in [5.41, 5.74) is 0.825. The van der Waals surface area contributed by atoms with Crippen molar-refractivity contribution in [2.75, 3.05) is 0 Å². The number of aromatic hydroxyl groups is 1. The zero-order chi connectivity index (χ0) is 15.6. The van der Waals surface area contributed by atoms with E-state index in [2.05, 4.69) is 24.1 Å². The maximum Gasteiger partial charge on any atom is 0.248 e. The summed E-state index contributed by atoms with van der Waals surface area (Å²) < 4.78 is 0. The maximum atomic E-state index is 11.4. The second-order valence-electron chi connectivity index (χ2n) is 5.74. The van der Waals surface area contributed by atoms with E-state index in [4.69, 9.17) is 0 Å². The lowest BCUT2D eigenvalue weighted by Gasteiger charge is -2.23. The van der Waals surface area contributed by atoms with Crippen molar-refractivity contribution >= 4 is 10.9 Å². The molecule has 1 heterocycles. The monoisotopic (exact) mass is 291 g/mol. The lowest BCUT2D eigenvalue weighted by Crippen LogP contribution is -2.94. The van der Waals surface area contributed by atoms with Crippen molar-refractivity contribution in [2.24, 2.45) is 0 Å². The molecule has 0 bridgehead atoms. The molecule has 5 N–H and O–H groups in total. The van der Waals surface area contributed by atoms with Crippen LogP contribution in [0, 0.1) is 0 Å². The standard InChI is InChI=1S/C16H22N2O3/c1-4-12(17-9(2)3)16(21)11-5-7-13(19)15-10(11)6-8-14(20)18-15/h5-9,12,16-17,19,21H,4H2,1-3H3,(H,18,20)/p+1/t12-,16-/m1/s1. The molecule has 2 atom stereocenters. The van der Waals surface area contributed by atoms with Crippen LogP contribution in [0.4, 0.5) is 0 Å². The Hall–Kier alpha value is -1.85. The van der Waals surface area contributed by atoms with Crippen molar-refractivity contribution in [3.63, 3.8) is 0 Å². The van der Waals surface area contributed by atoms with E-state index in [0.717, 1.165) is 12.0 Å². The van der Waals surface area contributed by atoms with E-state index in [1.165, 1.54) is 12.1 Å². The fraction of sp³-hybridized carbons (Fsp3) is 0.438. The molecule has 0 aliphatic heterocycles. The number of nitrogens with one attached hydrogen (secondary N) is 1. The maximum absolute atomic E-state index is 11.4. The first-order chi connectivity index (χ1) is 9.93. The number of phenols is 1. The molecule has 2 aromatic rings. The molecule has 0 spiro atoms. The second-order valence-corrected chi connectivity index (χ2v) is 5.74. The second kappa shape index (κ2) is 6.28. The van der Waals surface area contributed by atoms with E-state index in [1.54, 1.807) is 12.1 Å². The van der Waals surface area contributed by atoms with Gasteiger partial charge >= 0.3 is 0 Å². The van der Waals surface area contributed by atoms with Crippen LogP contribution in [0.1, 0.15) is 38.9 Å². The van der Waals surface area contributed by atoms with Crippen LogP contribution in [0.25, 0.3) is 10.9 Å². The Morgan fingerprint density at radius 2 is 1.95 bits per heavy atom. The summed E-state index contributed by atoms with van der Waals surface area (Å²) >= 11 is 0. The molecule has 0 aliphatic rings. The summed E-state index contributed by atoms with van der Waals surface area (Å²) in [5.74, 6) is 0.0135. The number of aliphatic hydroxyl groups is 1. The van der Waals surface area contributed by atoms with Gasteiger partial charge in [0.1, 0.15) is 17.9 Å². The number of fused-ring (bicyclic) bond motifs is 1. The van der Waals surface area contributed by atoms with Crippen LogP contribution in [-0.2, 0) is 0 Å². The van der Waals surface area contributed by atoms with Crippen LogP contribution in [0.3, 0.4) is 0 Å². The molecule has 0 amide bonds. The minimum absolute atomic E-state index is 0.0135. The molecule has 2 rings (SSSR count). The van der Waals surface area contributed by atoms with E-state index >= 15 is 0 Å². The normalized spacial score (nSPS) is 14.5. The van der Waals surface area contributed by atoms with Crippen molar-refractivity contribution in [1.82, 2.24) is 4.98 Å². The molecule has 114 valence electrons. The van der Waals surface area contributed by atoms with Gasteiger partial charge in [-0.05, 0) is 38.0 Å². The average Bonchev–Trinajstić information content (AvgIpc) is 2.45. The average molecular weight is 291 g/mol. The predicted octanol–water partition coefficient (Wildman–Crippen LogP) is 1.02. The Morgan fingerprint density at radius 1 is 1.24 bits per heavy atom. The topological polar surface area (TPSA) is 89.9 Å². The molecule has 5 heteroatoms. The number of quaternary nitrogens is 1. The third kappa shape index (κ3) is 3.25. The Kier molecular flexibility index (Phi) is 4.65. The highest BCUT2D eigenvalue weighted by atomic mass is 16.3. The van der Waals surface area contributed by atoms with E-state index in [0.29, 0.717) is 16.9 Å². The van der Waals surface area contributed by atoms with Crippen molar-refractivity contribution in [2.45, 2.75) is 45.4 Å². The number of aliphatic hydroxyl groups excluding tert-OH is 1. The number of hydrogen-bond donors (Lipinski definition) is 4. The number of nitrogens with two attached hydrogens (primary N) is 1. The molecule has 1 aromatic heterocycles. The highest BCUT2D eigenvalue weighted by molar-refractivity contribution is 5.87. The zero-order valence-corrected chi connectivity index (χ0v) is 12.6. The summed E-state index contributed by atoms with van der Waals surface area (Å²) in [6.07, 6.45) is 0.164. The third-order valence-corrected chi connectivity index (χ3v) is 3.73. The van der Waals surface area contributed by atoms with Gasteiger partial charge in [-0.3, -0.25) is 4.79 Å². The first kappa shape index (κ1) is 15.5. The van der Waals surface area contributed by atoms with Crippen molar-refractivity contribution in [3.8, 4) is 5.75 Å². The Balaban J connectivity index is 2.50. The van der Waals surface area contributed by atoms with E-state index in [9.17, 15) is 15.0 Å². The van der Waals surface area contributed by atoms with Crippen LogP contribution in [0.15, 0.2) is 29.1 Å². The van der Waals surface area contributed by atoms with Gasteiger partial charge in [0.05, 0.1) is 11.6 Å². The zero-order valence-electron chi connectivity index (χ0n) is 12.6. The van der Waals surface area contributed by atoms with Crippen molar-refractivity contribution in [1.29, 1.82) is 0 Å². The lowest BCUT2D eigenvalue weighted by molar-refractivity contribution is -0.723. The number of pyridine rings is 1. The SMILES string of the molecule is CC[C@@H]([NH2+]C(C)C)[C@H](O)c1ccc(O)c2[nH]c(=O)ccc12. The van der Waals surface area contributed by atoms with Crippen molar-refractivity contribution in [3.05, 3.63) is 40.2 Å². The van der Waals surface area contributed by atoms with E-state index in [1.807, 2.05) is 6.92 Å². The quantitative estimate of drug-likeness (QED) is 0.663. The van der Waals surface area contributed by atoms with Crippen LogP contribution in [0.5, 0.6) is 5.75 Å². The lowest BCUT2D eigenvalue weighted by atomic mass is 9.95. The minimum atomic E-state index is -0.661.